The average molecular weight is 725 g/mol. The molecule has 3 aromatic heterocycles. The van der Waals surface area contributed by atoms with Crippen LogP contribution in [-0.2, 0) is 0 Å². The first-order valence-corrected chi connectivity index (χ1v) is 18.1. The lowest BCUT2D eigenvalue weighted by Gasteiger charge is -2.14. The lowest BCUT2D eigenvalue weighted by atomic mass is 10.0. The van der Waals surface area contributed by atoms with Gasteiger partial charge in [0, 0.05) is 38.2 Å². The Morgan fingerprint density at radius 2 is 0.911 bits per heavy atom. The van der Waals surface area contributed by atoms with E-state index in [0.29, 0.717) is 34.1 Å². The van der Waals surface area contributed by atoms with Gasteiger partial charge < -0.3 is 4.57 Å². The molecule has 262 valence electrons. The predicted molar refractivity (Wildman–Crippen MR) is 230 cm³/mol. The second-order valence-corrected chi connectivity index (χ2v) is 13.4. The lowest BCUT2D eigenvalue weighted by Crippen LogP contribution is -2.06. The zero-order valence-electron chi connectivity index (χ0n) is 38.6. The zero-order valence-corrected chi connectivity index (χ0v) is 29.6. The van der Waals surface area contributed by atoms with E-state index in [1.807, 2.05) is 126 Å². The summed E-state index contributed by atoms with van der Waals surface area (Å²) in [7, 11) is 0. The Balaban J connectivity index is 1.25. The molecule has 5 nitrogen and oxygen atoms in total. The van der Waals surface area contributed by atoms with Crippen molar-refractivity contribution < 1.29 is 12.3 Å². The van der Waals surface area contributed by atoms with E-state index in [1.165, 1.54) is 0 Å². The minimum absolute atomic E-state index is 0.0603. The van der Waals surface area contributed by atoms with Crippen molar-refractivity contribution in [3.63, 3.8) is 0 Å². The summed E-state index contributed by atoms with van der Waals surface area (Å²) in [5.74, 6) is 1.25. The van der Waals surface area contributed by atoms with Crippen LogP contribution < -0.4 is 0 Å². The Morgan fingerprint density at radius 1 is 0.357 bits per heavy atom. The second-order valence-electron chi connectivity index (χ2n) is 13.4. The fourth-order valence-corrected chi connectivity index (χ4v) is 7.70. The van der Waals surface area contributed by atoms with Gasteiger partial charge >= 0.3 is 0 Å². The second kappa shape index (κ2) is 13.0. The molecule has 0 radical (unpaired) electrons. The van der Waals surface area contributed by atoms with Crippen molar-refractivity contribution in [2.45, 2.75) is 0 Å². The van der Waals surface area contributed by atoms with Gasteiger partial charge in [-0.3, -0.25) is 4.57 Å². The molecule has 0 N–H and O–H groups in total. The van der Waals surface area contributed by atoms with Crippen LogP contribution in [0.15, 0.2) is 200 Å². The van der Waals surface area contributed by atoms with Crippen molar-refractivity contribution in [3.8, 4) is 56.7 Å². The number of fused-ring (bicyclic) bond motifs is 6. The number of hydrogen-bond acceptors (Lipinski definition) is 3. The molecule has 0 spiro atoms. The summed E-state index contributed by atoms with van der Waals surface area (Å²) in [6.45, 7) is 0. The molecule has 3 heterocycles. The number of aromatic nitrogens is 5. The molecular formula is C51H33N5. The van der Waals surface area contributed by atoms with Gasteiger partial charge in [0.25, 0.3) is 0 Å². The molecule has 8 aromatic carbocycles. The van der Waals surface area contributed by atoms with Crippen molar-refractivity contribution in [2.24, 2.45) is 0 Å². The molecule has 0 fully saturated rings. The largest absolute Gasteiger partial charge is 0.309 e. The molecule has 0 saturated heterocycles. The molecule has 0 aliphatic carbocycles. The van der Waals surface area contributed by atoms with E-state index < -0.39 is 54.4 Å². The van der Waals surface area contributed by atoms with Crippen LogP contribution in [0.25, 0.3) is 100 Å². The van der Waals surface area contributed by atoms with Gasteiger partial charge in [-0.1, -0.05) is 164 Å². The molecule has 0 saturated carbocycles. The Labute approximate surface area is 336 Å². The van der Waals surface area contributed by atoms with Gasteiger partial charge in [-0.2, -0.15) is 9.97 Å². The third kappa shape index (κ3) is 5.21. The summed E-state index contributed by atoms with van der Waals surface area (Å²) in [4.78, 5) is 15.4. The molecule has 0 unspecified atom stereocenters. The molecule has 11 rings (SSSR count). The Morgan fingerprint density at radius 3 is 1.64 bits per heavy atom. The number of nitrogens with zero attached hydrogens (tertiary/aromatic N) is 5. The van der Waals surface area contributed by atoms with E-state index in [2.05, 4.69) is 24.3 Å². The molecule has 0 aliphatic rings. The summed E-state index contributed by atoms with van der Waals surface area (Å²) in [6, 6.07) is 42.2. The normalized spacial score (nSPS) is 13.8. The van der Waals surface area contributed by atoms with Gasteiger partial charge in [-0.25, -0.2) is 4.98 Å². The summed E-state index contributed by atoms with van der Waals surface area (Å²) in [6.07, 6.45) is 0. The van der Waals surface area contributed by atoms with Crippen LogP contribution in [-0.4, -0.2) is 24.1 Å². The first-order valence-electron chi connectivity index (χ1n) is 22.6. The number of rotatable bonds is 6. The molecule has 5 heteroatoms. The van der Waals surface area contributed by atoms with E-state index in [0.717, 1.165) is 49.3 Å². The number of benzene rings is 8. The first-order chi connectivity index (χ1) is 31.5. The maximum atomic E-state index is 9.45. The smallest absolute Gasteiger partial charge is 0.238 e. The highest BCUT2D eigenvalue weighted by atomic mass is 15.2. The number of para-hydroxylation sites is 3. The summed E-state index contributed by atoms with van der Waals surface area (Å²) in [5.41, 5.74) is 5.62. The van der Waals surface area contributed by atoms with Crippen LogP contribution in [0, 0.1) is 0 Å². The molecule has 56 heavy (non-hydrogen) atoms. The van der Waals surface area contributed by atoms with Gasteiger partial charge in [0.15, 0.2) is 11.6 Å². The minimum Gasteiger partial charge on any atom is -0.309 e. The highest BCUT2D eigenvalue weighted by molar-refractivity contribution is 6.19. The molecule has 11 aromatic rings. The maximum absolute atomic E-state index is 9.45. The molecule has 0 amide bonds. The average Bonchev–Trinajstić information content (AvgIpc) is 3.85. The van der Waals surface area contributed by atoms with Crippen LogP contribution in [0.3, 0.4) is 0 Å². The molecule has 0 atom stereocenters. The van der Waals surface area contributed by atoms with Gasteiger partial charge in [-0.15, -0.1) is 0 Å². The zero-order chi connectivity index (χ0) is 44.8. The highest BCUT2D eigenvalue weighted by Crippen LogP contribution is 2.41. The topological polar surface area (TPSA) is 48.5 Å². The van der Waals surface area contributed by atoms with Crippen molar-refractivity contribution >= 4 is 43.6 Å². The maximum Gasteiger partial charge on any atom is 0.238 e. The van der Waals surface area contributed by atoms with Crippen molar-refractivity contribution in [2.75, 3.05) is 0 Å². The monoisotopic (exact) mass is 724 g/mol. The van der Waals surface area contributed by atoms with Gasteiger partial charge in [-0.05, 0) is 53.1 Å². The molecule has 0 bridgehead atoms. The van der Waals surface area contributed by atoms with Crippen LogP contribution in [0.4, 0.5) is 0 Å². The van der Waals surface area contributed by atoms with E-state index >= 15 is 0 Å². The van der Waals surface area contributed by atoms with E-state index in [4.69, 9.17) is 24.5 Å². The number of hydrogen-bond donors (Lipinski definition) is 0. The fraction of sp³-hybridized carbons (Fsp3) is 0. The van der Waals surface area contributed by atoms with Gasteiger partial charge in [0.1, 0.15) is 0 Å². The summed E-state index contributed by atoms with van der Waals surface area (Å²) >= 11 is 0. The fourth-order valence-electron chi connectivity index (χ4n) is 7.70. The van der Waals surface area contributed by atoms with Gasteiger partial charge in [0.05, 0.1) is 40.1 Å². The molecule has 0 aliphatic heterocycles. The van der Waals surface area contributed by atoms with E-state index in [9.17, 15) is 2.74 Å². The first kappa shape index (κ1) is 23.9. The van der Waals surface area contributed by atoms with E-state index in [1.54, 1.807) is 4.57 Å². The third-order valence-corrected chi connectivity index (χ3v) is 10.2. The lowest BCUT2D eigenvalue weighted by molar-refractivity contribution is 0.953. The summed E-state index contributed by atoms with van der Waals surface area (Å²) in [5, 5.41) is 3.31. The van der Waals surface area contributed by atoms with Crippen molar-refractivity contribution in [1.82, 2.24) is 24.1 Å². The van der Waals surface area contributed by atoms with Crippen LogP contribution in [0.5, 0.6) is 0 Å². The standard InChI is InChI=1S/C51H33N5/c1-4-17-34(18-5-1)37-23-16-24-38(31-37)50-52-49(36-21-8-3-9-22-36)53-51(54-50)56-46-30-15-12-27-41(46)43-32-42-40-26-11-14-29-45(40)55(47(42)33-48(43)56)44-28-13-10-25-39(44)35-19-6-2-7-20-35/h1-33H/i2D,6D,7D,10D,13D,19D,20D,25D,28D. The van der Waals surface area contributed by atoms with Crippen molar-refractivity contribution in [3.05, 3.63) is 200 Å². The molecular weight excluding hydrogens is 683 g/mol. The van der Waals surface area contributed by atoms with E-state index in [-0.39, 0.29) is 16.8 Å². The highest BCUT2D eigenvalue weighted by Gasteiger charge is 2.22. The Kier molecular flexibility index (Phi) is 5.57. The SMILES string of the molecule is [2H]c1c([2H])c([2H])c(-c2c([2H])c([2H])c([2H])c([2H])c2-n2c3ccccc3c3cc4c5ccccc5n(-c5nc(-c6ccccc6)nc(-c6cccc(-c7ccccc7)c6)n5)c4cc32)c([2H])c1[2H]. The quantitative estimate of drug-likeness (QED) is 0.172. The van der Waals surface area contributed by atoms with Crippen molar-refractivity contribution in [1.29, 1.82) is 0 Å². The van der Waals surface area contributed by atoms with Crippen LogP contribution in [0.1, 0.15) is 12.3 Å². The van der Waals surface area contributed by atoms with Crippen LogP contribution >= 0.6 is 0 Å². The van der Waals surface area contributed by atoms with Crippen LogP contribution in [0.2, 0.25) is 0 Å². The Hall–Kier alpha value is -7.63. The minimum atomic E-state index is -0.619. The Bertz CT molecular complexity index is 3750. The third-order valence-electron chi connectivity index (χ3n) is 10.2. The van der Waals surface area contributed by atoms with Gasteiger partial charge in [0.2, 0.25) is 5.95 Å². The predicted octanol–water partition coefficient (Wildman–Crippen LogP) is 12.7. The summed E-state index contributed by atoms with van der Waals surface area (Å²) < 4.78 is 83.3.